The van der Waals surface area contributed by atoms with Gasteiger partial charge in [0.2, 0.25) is 0 Å². The molecule has 0 saturated heterocycles. The molecular weight excluding hydrogens is 266 g/mol. The molecule has 0 atom stereocenters. The molecule has 0 spiro atoms. The van der Waals surface area contributed by atoms with Crippen molar-refractivity contribution in [2.75, 3.05) is 6.26 Å². The molecule has 6 heteroatoms. The average Bonchev–Trinajstić information content (AvgIpc) is 2.88. The van der Waals surface area contributed by atoms with E-state index in [-0.39, 0.29) is 5.91 Å². The Bertz CT molecular complexity index is 400. The number of aromatic nitrogens is 1. The number of carbonyl (C=O) groups is 1. The Balaban J connectivity index is 1.84. The zero-order valence-corrected chi connectivity index (χ0v) is 12.1. The van der Waals surface area contributed by atoms with Gasteiger partial charge in [0.25, 0.3) is 5.91 Å². The minimum absolute atomic E-state index is 0.0569. The Labute approximate surface area is 116 Å². The molecule has 1 aliphatic rings. The molecule has 1 fully saturated rings. The fourth-order valence-corrected chi connectivity index (χ4v) is 3.61. The minimum Gasteiger partial charge on any atom is -0.348 e. The van der Waals surface area contributed by atoms with E-state index < -0.39 is 0 Å². The van der Waals surface area contributed by atoms with Crippen molar-refractivity contribution in [3.8, 4) is 0 Å². The van der Waals surface area contributed by atoms with Crippen molar-refractivity contribution in [3.63, 3.8) is 0 Å². The summed E-state index contributed by atoms with van der Waals surface area (Å²) < 4.78 is 0. The van der Waals surface area contributed by atoms with E-state index in [0.29, 0.717) is 18.3 Å². The second-order valence-electron chi connectivity index (χ2n) is 4.51. The molecule has 1 aliphatic carbocycles. The lowest BCUT2D eigenvalue weighted by atomic mass is 9.95. The number of amides is 1. The Kier molecular flexibility index (Phi) is 5.03. The second kappa shape index (κ2) is 6.54. The van der Waals surface area contributed by atoms with Crippen LogP contribution >= 0.6 is 23.1 Å². The number of nitrogens with one attached hydrogen (secondary N) is 1. The van der Waals surface area contributed by atoms with Gasteiger partial charge >= 0.3 is 0 Å². The predicted octanol–water partition coefficient (Wildman–Crippen LogP) is 2.01. The van der Waals surface area contributed by atoms with Gasteiger partial charge in [0.1, 0.15) is 10.7 Å². The van der Waals surface area contributed by atoms with Gasteiger partial charge in [-0.15, -0.1) is 11.3 Å². The lowest BCUT2D eigenvalue weighted by molar-refractivity contribution is 0.0923. The number of rotatable bonds is 4. The van der Waals surface area contributed by atoms with Gasteiger partial charge in [0, 0.05) is 23.2 Å². The topological polar surface area (TPSA) is 68.0 Å². The smallest absolute Gasteiger partial charge is 0.270 e. The highest BCUT2D eigenvalue weighted by Gasteiger charge is 2.22. The molecule has 18 heavy (non-hydrogen) atoms. The highest BCUT2D eigenvalue weighted by molar-refractivity contribution is 7.99. The number of hydrogen-bond donors (Lipinski definition) is 2. The van der Waals surface area contributed by atoms with E-state index in [9.17, 15) is 4.79 Å². The Morgan fingerprint density at radius 1 is 1.56 bits per heavy atom. The minimum atomic E-state index is -0.0569. The predicted molar refractivity (Wildman–Crippen MR) is 77.0 cm³/mol. The van der Waals surface area contributed by atoms with Crippen molar-refractivity contribution in [2.45, 2.75) is 43.5 Å². The molecule has 3 N–H and O–H groups in total. The highest BCUT2D eigenvalue weighted by Crippen LogP contribution is 2.27. The normalized spacial score (nSPS) is 23.9. The molecule has 4 nitrogen and oxygen atoms in total. The van der Waals surface area contributed by atoms with Crippen molar-refractivity contribution < 1.29 is 4.79 Å². The monoisotopic (exact) mass is 285 g/mol. The van der Waals surface area contributed by atoms with Gasteiger partial charge in [-0.25, -0.2) is 4.98 Å². The Morgan fingerprint density at radius 2 is 2.28 bits per heavy atom. The Hall–Kier alpha value is -0.590. The number of nitrogens with two attached hydrogens (primary N) is 1. The molecule has 0 aromatic carbocycles. The third-order valence-electron chi connectivity index (χ3n) is 3.30. The number of thioether (sulfide) groups is 1. The van der Waals surface area contributed by atoms with Crippen LogP contribution in [0.2, 0.25) is 0 Å². The fourth-order valence-electron chi connectivity index (χ4n) is 2.21. The molecule has 1 aromatic rings. The first kappa shape index (κ1) is 13.8. The van der Waals surface area contributed by atoms with E-state index in [4.69, 9.17) is 5.73 Å². The third kappa shape index (κ3) is 3.46. The molecule has 1 heterocycles. The maximum absolute atomic E-state index is 12.0. The zero-order chi connectivity index (χ0) is 13.0. The van der Waals surface area contributed by atoms with E-state index in [0.717, 1.165) is 23.1 Å². The average molecular weight is 285 g/mol. The van der Waals surface area contributed by atoms with E-state index in [2.05, 4.69) is 16.6 Å². The maximum atomic E-state index is 12.0. The van der Waals surface area contributed by atoms with Crippen LogP contribution in [-0.2, 0) is 6.54 Å². The molecule has 1 saturated carbocycles. The van der Waals surface area contributed by atoms with Gasteiger partial charge in [0.15, 0.2) is 0 Å². The van der Waals surface area contributed by atoms with Crippen LogP contribution in [-0.4, -0.2) is 28.4 Å². The molecule has 1 aromatic heterocycles. The van der Waals surface area contributed by atoms with Gasteiger partial charge in [-0.2, -0.15) is 11.8 Å². The molecule has 1 amide bonds. The van der Waals surface area contributed by atoms with Crippen LogP contribution in [0.25, 0.3) is 0 Å². The summed E-state index contributed by atoms with van der Waals surface area (Å²) in [6.07, 6.45) is 6.69. The van der Waals surface area contributed by atoms with Gasteiger partial charge in [-0.1, -0.05) is 0 Å². The summed E-state index contributed by atoms with van der Waals surface area (Å²) in [6, 6.07) is 0.309. The quantitative estimate of drug-likeness (QED) is 0.888. The van der Waals surface area contributed by atoms with Crippen molar-refractivity contribution in [1.82, 2.24) is 10.3 Å². The van der Waals surface area contributed by atoms with E-state index >= 15 is 0 Å². The summed E-state index contributed by atoms with van der Waals surface area (Å²) in [6.45, 7) is 0.400. The van der Waals surface area contributed by atoms with Crippen LogP contribution in [0.5, 0.6) is 0 Å². The molecule has 2 rings (SSSR count). The first-order chi connectivity index (χ1) is 8.72. The first-order valence-corrected chi connectivity index (χ1v) is 8.37. The highest BCUT2D eigenvalue weighted by atomic mass is 32.2. The van der Waals surface area contributed by atoms with Crippen LogP contribution in [0.15, 0.2) is 5.38 Å². The summed E-state index contributed by atoms with van der Waals surface area (Å²) in [5.41, 5.74) is 6.00. The summed E-state index contributed by atoms with van der Waals surface area (Å²) in [4.78, 5) is 16.2. The summed E-state index contributed by atoms with van der Waals surface area (Å²) in [7, 11) is 0. The Morgan fingerprint density at radius 3 is 2.83 bits per heavy atom. The summed E-state index contributed by atoms with van der Waals surface area (Å²) in [5.74, 6) is -0.0569. The number of carbonyl (C=O) groups excluding carboxylic acids is 1. The molecule has 100 valence electrons. The third-order valence-corrected chi connectivity index (χ3v) is 5.31. The lowest BCUT2D eigenvalue weighted by Gasteiger charge is -2.27. The molecule has 0 aliphatic heterocycles. The van der Waals surface area contributed by atoms with Crippen LogP contribution in [0.3, 0.4) is 0 Å². The number of nitrogens with zero attached hydrogens (tertiary/aromatic N) is 1. The zero-order valence-electron chi connectivity index (χ0n) is 10.5. The molecule has 0 radical (unpaired) electrons. The summed E-state index contributed by atoms with van der Waals surface area (Å²) in [5, 5.41) is 6.43. The first-order valence-electron chi connectivity index (χ1n) is 6.21. The largest absolute Gasteiger partial charge is 0.348 e. The van der Waals surface area contributed by atoms with E-state index in [1.54, 1.807) is 5.38 Å². The number of thiazole rings is 1. The van der Waals surface area contributed by atoms with Crippen molar-refractivity contribution in [2.24, 2.45) is 5.73 Å². The van der Waals surface area contributed by atoms with Crippen LogP contribution in [0, 0.1) is 0 Å². The van der Waals surface area contributed by atoms with Gasteiger partial charge in [-0.05, 0) is 31.9 Å². The SMILES string of the molecule is CSC1CCC(NC(=O)c2csc(CN)n2)CC1. The van der Waals surface area contributed by atoms with Crippen LogP contribution in [0.4, 0.5) is 0 Å². The molecular formula is C12H19N3OS2. The van der Waals surface area contributed by atoms with Gasteiger partial charge < -0.3 is 11.1 Å². The van der Waals surface area contributed by atoms with Crippen molar-refractivity contribution in [1.29, 1.82) is 0 Å². The van der Waals surface area contributed by atoms with Crippen LogP contribution < -0.4 is 11.1 Å². The summed E-state index contributed by atoms with van der Waals surface area (Å²) >= 11 is 3.38. The van der Waals surface area contributed by atoms with Crippen molar-refractivity contribution in [3.05, 3.63) is 16.1 Å². The van der Waals surface area contributed by atoms with Gasteiger partial charge in [-0.3, -0.25) is 4.79 Å². The standard InChI is InChI=1S/C12H19N3OS2/c1-17-9-4-2-8(3-5-9)14-12(16)10-7-18-11(6-13)15-10/h7-9H,2-6,13H2,1H3,(H,14,16). The molecule has 0 unspecified atom stereocenters. The van der Waals surface area contributed by atoms with E-state index in [1.807, 2.05) is 11.8 Å². The van der Waals surface area contributed by atoms with Crippen LogP contribution in [0.1, 0.15) is 41.2 Å². The van der Waals surface area contributed by atoms with Crippen molar-refractivity contribution >= 4 is 29.0 Å². The fraction of sp³-hybridized carbons (Fsp3) is 0.667. The number of hydrogen-bond acceptors (Lipinski definition) is 5. The molecule has 0 bridgehead atoms. The van der Waals surface area contributed by atoms with E-state index in [1.165, 1.54) is 24.2 Å². The van der Waals surface area contributed by atoms with Gasteiger partial charge in [0.05, 0.1) is 0 Å². The maximum Gasteiger partial charge on any atom is 0.270 e. The lowest BCUT2D eigenvalue weighted by Crippen LogP contribution is -2.38. The second-order valence-corrected chi connectivity index (χ2v) is 6.59.